The van der Waals surface area contributed by atoms with Crippen molar-refractivity contribution in [2.45, 2.75) is 6.92 Å². The average Bonchev–Trinajstić information content (AvgIpc) is 2.24. The molecule has 0 bridgehead atoms. The fourth-order valence-corrected chi connectivity index (χ4v) is 1.07. The fourth-order valence-electron chi connectivity index (χ4n) is 1.07. The van der Waals surface area contributed by atoms with Gasteiger partial charge in [-0.1, -0.05) is 0 Å². The second-order valence-corrected chi connectivity index (χ2v) is 3.67. The van der Waals surface area contributed by atoms with Gasteiger partial charge < -0.3 is 15.5 Å². The fraction of sp³-hybridized carbons (Fsp3) is 0.500. The van der Waals surface area contributed by atoms with Crippen LogP contribution < -0.4 is 10.6 Å². The van der Waals surface area contributed by atoms with Crippen molar-refractivity contribution in [1.82, 2.24) is 20.4 Å². The van der Waals surface area contributed by atoms with Gasteiger partial charge in [-0.15, -0.1) is 5.10 Å². The molecule has 1 aromatic rings. The van der Waals surface area contributed by atoms with E-state index in [2.05, 4.69) is 20.8 Å². The SMILES string of the molecule is Cc1cnnc(NCCNC(=O)N(C)C)c1. The zero-order valence-corrected chi connectivity index (χ0v) is 9.82. The van der Waals surface area contributed by atoms with Crippen molar-refractivity contribution in [3.63, 3.8) is 0 Å². The molecule has 0 aliphatic rings. The van der Waals surface area contributed by atoms with E-state index in [1.54, 1.807) is 20.3 Å². The summed E-state index contributed by atoms with van der Waals surface area (Å²) in [7, 11) is 3.41. The van der Waals surface area contributed by atoms with E-state index in [1.807, 2.05) is 13.0 Å². The Labute approximate surface area is 95.0 Å². The molecule has 0 unspecified atom stereocenters. The first-order valence-corrected chi connectivity index (χ1v) is 5.08. The molecule has 1 rings (SSSR count). The van der Waals surface area contributed by atoms with Crippen LogP contribution in [0.2, 0.25) is 0 Å². The normalized spacial score (nSPS) is 9.69. The van der Waals surface area contributed by atoms with Crippen molar-refractivity contribution in [3.8, 4) is 0 Å². The summed E-state index contributed by atoms with van der Waals surface area (Å²) in [5.41, 5.74) is 1.05. The summed E-state index contributed by atoms with van der Waals surface area (Å²) in [5.74, 6) is 0.721. The summed E-state index contributed by atoms with van der Waals surface area (Å²) >= 11 is 0. The summed E-state index contributed by atoms with van der Waals surface area (Å²) < 4.78 is 0. The minimum absolute atomic E-state index is 0.0999. The molecule has 0 aliphatic carbocycles. The lowest BCUT2D eigenvalue weighted by Gasteiger charge is -2.12. The summed E-state index contributed by atoms with van der Waals surface area (Å²) in [5, 5.41) is 13.5. The van der Waals surface area contributed by atoms with Gasteiger partial charge in [0.25, 0.3) is 0 Å². The Balaban J connectivity index is 2.23. The first-order valence-electron chi connectivity index (χ1n) is 5.08. The predicted molar refractivity (Wildman–Crippen MR) is 62.3 cm³/mol. The van der Waals surface area contributed by atoms with Crippen molar-refractivity contribution in [3.05, 3.63) is 17.8 Å². The third-order valence-electron chi connectivity index (χ3n) is 1.90. The molecule has 1 heterocycles. The number of hydrogen-bond acceptors (Lipinski definition) is 4. The number of carbonyl (C=O) groups excluding carboxylic acids is 1. The van der Waals surface area contributed by atoms with Crippen molar-refractivity contribution >= 4 is 11.8 Å². The Kier molecular flexibility index (Phi) is 4.50. The number of anilines is 1. The molecule has 2 N–H and O–H groups in total. The van der Waals surface area contributed by atoms with E-state index < -0.39 is 0 Å². The third kappa shape index (κ3) is 4.12. The Morgan fingerprint density at radius 2 is 2.19 bits per heavy atom. The number of rotatable bonds is 4. The zero-order valence-electron chi connectivity index (χ0n) is 9.82. The lowest BCUT2D eigenvalue weighted by atomic mass is 10.3. The van der Waals surface area contributed by atoms with Gasteiger partial charge in [0.1, 0.15) is 5.82 Å². The van der Waals surface area contributed by atoms with Crippen molar-refractivity contribution in [2.24, 2.45) is 0 Å². The zero-order chi connectivity index (χ0) is 12.0. The maximum Gasteiger partial charge on any atom is 0.316 e. The Bertz CT molecular complexity index is 353. The van der Waals surface area contributed by atoms with Gasteiger partial charge in [-0.2, -0.15) is 5.10 Å². The Morgan fingerprint density at radius 1 is 1.44 bits per heavy atom. The number of nitrogens with one attached hydrogen (secondary N) is 2. The molecule has 0 radical (unpaired) electrons. The smallest absolute Gasteiger partial charge is 0.316 e. The highest BCUT2D eigenvalue weighted by molar-refractivity contribution is 5.73. The molecule has 0 aromatic carbocycles. The van der Waals surface area contributed by atoms with Crippen LogP contribution in [0.3, 0.4) is 0 Å². The molecule has 88 valence electrons. The topological polar surface area (TPSA) is 70.1 Å². The molecule has 1 aromatic heterocycles. The van der Waals surface area contributed by atoms with Gasteiger partial charge in [-0.25, -0.2) is 4.79 Å². The van der Waals surface area contributed by atoms with Gasteiger partial charge in [-0.05, 0) is 18.6 Å². The number of aryl methyl sites for hydroxylation is 1. The molecule has 0 aliphatic heterocycles. The highest BCUT2D eigenvalue weighted by Gasteiger charge is 2.00. The standard InChI is InChI=1S/C10H17N5O/c1-8-6-9(14-13-7-8)11-4-5-12-10(16)15(2)3/h6-7H,4-5H2,1-3H3,(H,11,14)(H,12,16). The molecule has 0 fully saturated rings. The Morgan fingerprint density at radius 3 is 2.81 bits per heavy atom. The maximum atomic E-state index is 11.2. The molecule has 16 heavy (non-hydrogen) atoms. The van der Waals surface area contributed by atoms with Crippen molar-refractivity contribution < 1.29 is 4.79 Å². The van der Waals surface area contributed by atoms with Crippen LogP contribution in [-0.2, 0) is 0 Å². The van der Waals surface area contributed by atoms with Crippen LogP contribution in [0, 0.1) is 6.92 Å². The van der Waals surface area contributed by atoms with Gasteiger partial charge in [0.2, 0.25) is 0 Å². The van der Waals surface area contributed by atoms with Crippen molar-refractivity contribution in [1.29, 1.82) is 0 Å². The van der Waals surface area contributed by atoms with E-state index in [4.69, 9.17) is 0 Å². The van der Waals surface area contributed by atoms with E-state index in [9.17, 15) is 4.79 Å². The number of hydrogen-bond donors (Lipinski definition) is 2. The number of nitrogens with zero attached hydrogens (tertiary/aromatic N) is 3. The third-order valence-corrected chi connectivity index (χ3v) is 1.90. The van der Waals surface area contributed by atoms with Crippen LogP contribution in [0.15, 0.2) is 12.3 Å². The van der Waals surface area contributed by atoms with Gasteiger partial charge in [0.15, 0.2) is 0 Å². The number of amides is 2. The number of urea groups is 1. The number of aromatic nitrogens is 2. The molecule has 0 atom stereocenters. The van der Waals surface area contributed by atoms with Gasteiger partial charge in [0.05, 0.1) is 6.20 Å². The quantitative estimate of drug-likeness (QED) is 0.728. The number of carbonyl (C=O) groups is 1. The molecule has 0 saturated heterocycles. The summed E-state index contributed by atoms with van der Waals surface area (Å²) in [6.07, 6.45) is 1.69. The van der Waals surface area contributed by atoms with E-state index in [-0.39, 0.29) is 6.03 Å². The summed E-state index contributed by atoms with van der Waals surface area (Å²) in [6.45, 7) is 3.12. The first kappa shape index (κ1) is 12.2. The lowest BCUT2D eigenvalue weighted by molar-refractivity contribution is 0.218. The average molecular weight is 223 g/mol. The van der Waals surface area contributed by atoms with E-state index in [0.29, 0.717) is 13.1 Å². The molecular weight excluding hydrogens is 206 g/mol. The molecule has 6 nitrogen and oxygen atoms in total. The van der Waals surface area contributed by atoms with E-state index in [0.717, 1.165) is 11.4 Å². The van der Waals surface area contributed by atoms with Crippen LogP contribution in [-0.4, -0.2) is 48.3 Å². The Hall–Kier alpha value is -1.85. The minimum Gasteiger partial charge on any atom is -0.367 e. The molecule has 2 amide bonds. The highest BCUT2D eigenvalue weighted by Crippen LogP contribution is 2.01. The monoisotopic (exact) mass is 223 g/mol. The second-order valence-electron chi connectivity index (χ2n) is 3.67. The first-order chi connectivity index (χ1) is 7.59. The van der Waals surface area contributed by atoms with Crippen LogP contribution in [0.4, 0.5) is 10.6 Å². The predicted octanol–water partition coefficient (Wildman–Crippen LogP) is 0.468. The molecule has 6 heteroatoms. The maximum absolute atomic E-state index is 11.2. The van der Waals surface area contributed by atoms with Crippen LogP contribution in [0.1, 0.15) is 5.56 Å². The van der Waals surface area contributed by atoms with Gasteiger partial charge >= 0.3 is 6.03 Å². The lowest BCUT2D eigenvalue weighted by Crippen LogP contribution is -2.37. The summed E-state index contributed by atoms with van der Waals surface area (Å²) in [6, 6.07) is 1.80. The van der Waals surface area contributed by atoms with Crippen LogP contribution in [0.5, 0.6) is 0 Å². The van der Waals surface area contributed by atoms with Crippen LogP contribution in [0.25, 0.3) is 0 Å². The largest absolute Gasteiger partial charge is 0.367 e. The van der Waals surface area contributed by atoms with Crippen LogP contribution >= 0.6 is 0 Å². The molecule has 0 saturated carbocycles. The second kappa shape index (κ2) is 5.89. The van der Waals surface area contributed by atoms with Gasteiger partial charge in [0, 0.05) is 27.2 Å². The molecule has 0 spiro atoms. The highest BCUT2D eigenvalue weighted by atomic mass is 16.2. The van der Waals surface area contributed by atoms with Gasteiger partial charge in [-0.3, -0.25) is 0 Å². The van der Waals surface area contributed by atoms with E-state index >= 15 is 0 Å². The van der Waals surface area contributed by atoms with E-state index in [1.165, 1.54) is 4.90 Å². The minimum atomic E-state index is -0.0999. The summed E-state index contributed by atoms with van der Waals surface area (Å²) in [4.78, 5) is 12.7. The van der Waals surface area contributed by atoms with Crippen molar-refractivity contribution in [2.75, 3.05) is 32.5 Å². The molecular formula is C10H17N5O.